The van der Waals surface area contributed by atoms with Gasteiger partial charge < -0.3 is 18.9 Å². The summed E-state index contributed by atoms with van der Waals surface area (Å²) in [5.74, 6) is 3.71. The molecule has 0 amide bonds. The van der Waals surface area contributed by atoms with Crippen molar-refractivity contribution in [3.05, 3.63) is 68.4 Å². The Balaban J connectivity index is 2.09. The van der Waals surface area contributed by atoms with Gasteiger partial charge in [0.1, 0.15) is 23.0 Å². The van der Waals surface area contributed by atoms with Crippen molar-refractivity contribution in [3.8, 4) is 23.0 Å². The van der Waals surface area contributed by atoms with Gasteiger partial charge in [-0.3, -0.25) is 0 Å². The Morgan fingerprint density at radius 3 is 1.11 bits per heavy atom. The van der Waals surface area contributed by atoms with Crippen LogP contribution in [0.25, 0.3) is 21.5 Å². The summed E-state index contributed by atoms with van der Waals surface area (Å²) >= 11 is 0. The SMILES string of the molecule is CCCOc1c2c(c(OCCC)c3c(C)cccc13)=c1c(OCCC)c3c(C)cccc3c(OCCC)c1=2. The van der Waals surface area contributed by atoms with E-state index in [0.29, 0.717) is 26.4 Å². The third-order valence-corrected chi connectivity index (χ3v) is 7.20. The minimum absolute atomic E-state index is 0.650. The van der Waals surface area contributed by atoms with E-state index in [1.54, 1.807) is 0 Å². The molecule has 0 bridgehead atoms. The average molecular weight is 513 g/mol. The van der Waals surface area contributed by atoms with Crippen molar-refractivity contribution in [2.45, 2.75) is 67.2 Å². The number of hydrogen-bond donors (Lipinski definition) is 0. The van der Waals surface area contributed by atoms with Crippen LogP contribution in [0.1, 0.15) is 64.5 Å². The van der Waals surface area contributed by atoms with Gasteiger partial charge in [0.05, 0.1) is 26.4 Å². The predicted octanol–water partition coefficient (Wildman–Crippen LogP) is 8.65. The molecule has 200 valence electrons. The number of rotatable bonds is 12. The van der Waals surface area contributed by atoms with Crippen LogP contribution in [-0.2, 0) is 0 Å². The summed E-state index contributed by atoms with van der Waals surface area (Å²) in [4.78, 5) is 0. The lowest BCUT2D eigenvalue weighted by Gasteiger charge is -2.24. The summed E-state index contributed by atoms with van der Waals surface area (Å²) < 4.78 is 26.3. The van der Waals surface area contributed by atoms with E-state index >= 15 is 0 Å². The molecule has 0 saturated heterocycles. The highest BCUT2D eigenvalue weighted by Gasteiger charge is 2.27. The van der Waals surface area contributed by atoms with Gasteiger partial charge >= 0.3 is 0 Å². The molecule has 4 heteroatoms. The highest BCUT2D eigenvalue weighted by Crippen LogP contribution is 2.48. The van der Waals surface area contributed by atoms with Crippen molar-refractivity contribution >= 4 is 21.5 Å². The van der Waals surface area contributed by atoms with E-state index < -0.39 is 0 Å². The molecule has 5 rings (SSSR count). The van der Waals surface area contributed by atoms with Crippen molar-refractivity contribution in [2.75, 3.05) is 26.4 Å². The van der Waals surface area contributed by atoms with E-state index in [-0.39, 0.29) is 0 Å². The Labute approximate surface area is 225 Å². The van der Waals surface area contributed by atoms with E-state index in [0.717, 1.165) is 91.1 Å². The zero-order valence-corrected chi connectivity index (χ0v) is 23.8. The third kappa shape index (κ3) is 4.15. The second-order valence-corrected chi connectivity index (χ2v) is 10.2. The highest BCUT2D eigenvalue weighted by atomic mass is 16.5. The number of fused-ring (bicyclic) bond motifs is 4. The lowest BCUT2D eigenvalue weighted by Crippen LogP contribution is -2.10. The molecule has 4 aromatic carbocycles. The smallest absolute Gasteiger partial charge is 0.136 e. The van der Waals surface area contributed by atoms with Gasteiger partial charge in [-0.1, -0.05) is 64.1 Å². The Morgan fingerprint density at radius 2 is 0.763 bits per heavy atom. The largest absolute Gasteiger partial charge is 0.492 e. The van der Waals surface area contributed by atoms with Crippen LogP contribution in [0.4, 0.5) is 0 Å². The quantitative estimate of drug-likeness (QED) is 0.168. The summed E-state index contributed by atoms with van der Waals surface area (Å²) in [5, 5.41) is 8.81. The van der Waals surface area contributed by atoms with Crippen LogP contribution >= 0.6 is 0 Å². The molecule has 0 N–H and O–H groups in total. The minimum Gasteiger partial charge on any atom is -0.492 e. The van der Waals surface area contributed by atoms with E-state index in [9.17, 15) is 0 Å². The molecule has 1 aliphatic carbocycles. The molecule has 0 atom stereocenters. The first-order chi connectivity index (χ1) is 18.6. The van der Waals surface area contributed by atoms with Crippen LogP contribution in [0, 0.1) is 34.7 Å². The van der Waals surface area contributed by atoms with Gasteiger partial charge in [-0.2, -0.15) is 0 Å². The average Bonchev–Trinajstić information content (AvgIpc) is 2.91. The van der Waals surface area contributed by atoms with E-state index in [4.69, 9.17) is 18.9 Å². The molecule has 0 aliphatic heterocycles. The van der Waals surface area contributed by atoms with Crippen molar-refractivity contribution in [2.24, 2.45) is 0 Å². The van der Waals surface area contributed by atoms with Gasteiger partial charge in [-0.15, -0.1) is 0 Å². The summed E-state index contributed by atoms with van der Waals surface area (Å²) in [6.45, 7) is 15.5. The molecule has 4 aromatic rings. The van der Waals surface area contributed by atoms with E-state index in [1.807, 2.05) is 0 Å². The Morgan fingerprint density at radius 1 is 0.447 bits per heavy atom. The molecule has 38 heavy (non-hydrogen) atoms. The fourth-order valence-corrected chi connectivity index (χ4v) is 5.59. The fourth-order valence-electron chi connectivity index (χ4n) is 5.59. The first kappa shape index (κ1) is 26.2. The lowest BCUT2D eigenvalue weighted by atomic mass is 9.89. The molecular weight excluding hydrogens is 472 g/mol. The summed E-state index contributed by atoms with van der Waals surface area (Å²) in [7, 11) is 0. The van der Waals surface area contributed by atoms with Crippen LogP contribution in [0.3, 0.4) is 0 Å². The van der Waals surface area contributed by atoms with Crippen LogP contribution < -0.4 is 18.9 Å². The number of aryl methyl sites for hydroxylation is 2. The van der Waals surface area contributed by atoms with Crippen LogP contribution in [0.5, 0.6) is 23.0 Å². The maximum absolute atomic E-state index is 6.60. The van der Waals surface area contributed by atoms with Gasteiger partial charge in [0.2, 0.25) is 0 Å². The molecule has 4 nitrogen and oxygen atoms in total. The molecule has 0 aromatic heterocycles. The molecule has 0 fully saturated rings. The van der Waals surface area contributed by atoms with Crippen LogP contribution in [0.2, 0.25) is 0 Å². The van der Waals surface area contributed by atoms with Crippen LogP contribution in [0.15, 0.2) is 36.4 Å². The van der Waals surface area contributed by atoms with E-state index in [2.05, 4.69) is 77.9 Å². The molecule has 0 radical (unpaired) electrons. The zero-order chi connectivity index (χ0) is 26.8. The highest BCUT2D eigenvalue weighted by molar-refractivity contribution is 6.00. The maximum Gasteiger partial charge on any atom is 0.136 e. The first-order valence-electron chi connectivity index (χ1n) is 14.3. The second-order valence-electron chi connectivity index (χ2n) is 10.2. The maximum atomic E-state index is 6.60. The van der Waals surface area contributed by atoms with Gasteiger partial charge in [0.15, 0.2) is 0 Å². The van der Waals surface area contributed by atoms with E-state index in [1.165, 1.54) is 11.1 Å². The Hall–Kier alpha value is -3.40. The topological polar surface area (TPSA) is 36.9 Å². The molecule has 0 heterocycles. The van der Waals surface area contributed by atoms with Crippen LogP contribution in [-0.4, -0.2) is 26.4 Å². The number of benzene rings is 4. The summed E-state index contributed by atoms with van der Waals surface area (Å²) in [6, 6.07) is 12.9. The zero-order valence-electron chi connectivity index (χ0n) is 23.8. The lowest BCUT2D eigenvalue weighted by molar-refractivity contribution is 0.301. The Bertz CT molecular complexity index is 1560. The van der Waals surface area contributed by atoms with Crippen molar-refractivity contribution in [1.82, 2.24) is 0 Å². The normalized spacial score (nSPS) is 11.7. The van der Waals surface area contributed by atoms with Crippen molar-refractivity contribution in [3.63, 3.8) is 0 Å². The van der Waals surface area contributed by atoms with Crippen molar-refractivity contribution in [1.29, 1.82) is 0 Å². The van der Waals surface area contributed by atoms with Crippen molar-refractivity contribution < 1.29 is 18.9 Å². The first-order valence-corrected chi connectivity index (χ1v) is 14.3. The summed E-state index contributed by atoms with van der Waals surface area (Å²) in [6.07, 6.45) is 3.74. The fraction of sp³-hybridized carbons (Fsp3) is 0.412. The minimum atomic E-state index is 0.650. The molecule has 0 unspecified atom stereocenters. The van der Waals surface area contributed by atoms with Gasteiger partial charge in [0.25, 0.3) is 0 Å². The molecule has 0 spiro atoms. The van der Waals surface area contributed by atoms with Gasteiger partial charge in [-0.05, 0) is 50.7 Å². The number of hydrogen-bond acceptors (Lipinski definition) is 4. The van der Waals surface area contributed by atoms with Gasteiger partial charge in [-0.25, -0.2) is 0 Å². The summed E-state index contributed by atoms with van der Waals surface area (Å²) in [5.41, 5.74) is 2.36. The predicted molar refractivity (Wildman–Crippen MR) is 156 cm³/mol. The number of ether oxygens (including phenoxy) is 4. The molecule has 0 saturated carbocycles. The van der Waals surface area contributed by atoms with Gasteiger partial charge in [0, 0.05) is 42.4 Å². The monoisotopic (exact) mass is 512 g/mol. The molecule has 1 aliphatic rings. The second kappa shape index (κ2) is 11.1. The Kier molecular flexibility index (Phi) is 7.69. The standard InChI is InChI=1S/C34H40O4/c1-7-17-35-31-23-15-11-13-21(5)25(23)33(37-19-9-3)29-27(31)28-30(29)34(38-20-10-4)26-22(6)14-12-16-24(26)32(28)36-18-8-2/h11-16H,7-10,17-20H2,1-6H3. The molecular formula is C34H40O4. The third-order valence-electron chi connectivity index (χ3n) is 7.20.